The molecule has 0 atom stereocenters. The second-order valence-electron chi connectivity index (χ2n) is 2.19. The summed E-state index contributed by atoms with van der Waals surface area (Å²) in [5.41, 5.74) is 0.399. The second-order valence-corrected chi connectivity index (χ2v) is 2.41. The van der Waals surface area contributed by atoms with Crippen molar-refractivity contribution in [3.63, 3.8) is 0 Å². The Kier molecular flexibility index (Phi) is 2.60. The number of rotatable bonds is 2. The standard InChI is InChI=1S/C7H5BClO3/c9-8-4-1-2-6(10)5(3-4)7(11)12/h1-3,10H,(H,11,12). The van der Waals surface area contributed by atoms with Crippen LogP contribution in [0.3, 0.4) is 0 Å². The van der Waals surface area contributed by atoms with Crippen LogP contribution in [0, 0.1) is 0 Å². The fourth-order valence-electron chi connectivity index (χ4n) is 0.793. The zero-order valence-corrected chi connectivity index (χ0v) is 6.75. The molecule has 0 saturated heterocycles. The van der Waals surface area contributed by atoms with Crippen molar-refractivity contribution in [1.82, 2.24) is 0 Å². The molecule has 0 saturated carbocycles. The lowest BCUT2D eigenvalue weighted by atomic mass is 9.92. The number of carbonyl (C=O) groups is 1. The van der Waals surface area contributed by atoms with Gasteiger partial charge in [0.2, 0.25) is 0 Å². The number of benzene rings is 1. The molecule has 0 heterocycles. The Morgan fingerprint density at radius 2 is 2.17 bits per heavy atom. The summed E-state index contributed by atoms with van der Waals surface area (Å²) < 4.78 is 0. The molecule has 0 spiro atoms. The Morgan fingerprint density at radius 3 is 2.67 bits per heavy atom. The maximum Gasteiger partial charge on any atom is 0.339 e. The van der Waals surface area contributed by atoms with Gasteiger partial charge in [0.05, 0.1) is 0 Å². The first kappa shape index (κ1) is 8.94. The van der Waals surface area contributed by atoms with Crippen LogP contribution in [0.1, 0.15) is 10.4 Å². The normalized spacial score (nSPS) is 9.42. The van der Waals surface area contributed by atoms with Gasteiger partial charge in [-0.05, 0) is 12.1 Å². The molecular weight excluding hydrogens is 178 g/mol. The molecule has 1 radical (unpaired) electrons. The highest BCUT2D eigenvalue weighted by molar-refractivity contribution is 7.01. The van der Waals surface area contributed by atoms with Crippen molar-refractivity contribution in [3.8, 4) is 5.75 Å². The number of hydrogen-bond donors (Lipinski definition) is 2. The average Bonchev–Trinajstić information content (AvgIpc) is 2.05. The van der Waals surface area contributed by atoms with Gasteiger partial charge in [-0.15, -0.1) is 0 Å². The highest BCUT2D eigenvalue weighted by Gasteiger charge is 2.09. The van der Waals surface area contributed by atoms with Gasteiger partial charge >= 0.3 is 5.97 Å². The van der Waals surface area contributed by atoms with Gasteiger partial charge in [0.1, 0.15) is 11.3 Å². The minimum Gasteiger partial charge on any atom is -0.507 e. The van der Waals surface area contributed by atoms with Gasteiger partial charge in [-0.1, -0.05) is 11.5 Å². The third kappa shape index (κ3) is 1.71. The van der Waals surface area contributed by atoms with E-state index in [0.717, 1.165) is 0 Å². The number of carboxylic acid groups (broad SMARTS) is 1. The van der Waals surface area contributed by atoms with Crippen LogP contribution in [0.4, 0.5) is 0 Å². The van der Waals surface area contributed by atoms with E-state index in [1.165, 1.54) is 24.9 Å². The van der Waals surface area contributed by atoms with Gasteiger partial charge in [0.25, 0.3) is 6.69 Å². The monoisotopic (exact) mass is 183 g/mol. The number of phenols is 1. The smallest absolute Gasteiger partial charge is 0.339 e. The van der Waals surface area contributed by atoms with Gasteiger partial charge < -0.3 is 10.2 Å². The fraction of sp³-hybridized carbons (Fsp3) is 0. The van der Waals surface area contributed by atoms with Crippen LogP contribution in [0.5, 0.6) is 5.75 Å². The first-order valence-corrected chi connectivity index (χ1v) is 3.58. The number of halogens is 1. The van der Waals surface area contributed by atoms with Crippen molar-refractivity contribution in [2.24, 2.45) is 0 Å². The van der Waals surface area contributed by atoms with Crippen molar-refractivity contribution in [1.29, 1.82) is 0 Å². The summed E-state index contributed by atoms with van der Waals surface area (Å²) >= 11 is 5.36. The lowest BCUT2D eigenvalue weighted by Crippen LogP contribution is -2.11. The average molecular weight is 183 g/mol. The predicted molar refractivity (Wildman–Crippen MR) is 46.3 cm³/mol. The number of aromatic hydroxyl groups is 1. The first-order valence-electron chi connectivity index (χ1n) is 3.15. The van der Waals surface area contributed by atoms with E-state index in [2.05, 4.69) is 0 Å². The van der Waals surface area contributed by atoms with Crippen molar-refractivity contribution in [2.75, 3.05) is 0 Å². The number of carboxylic acids is 1. The van der Waals surface area contributed by atoms with Crippen molar-refractivity contribution >= 4 is 29.6 Å². The van der Waals surface area contributed by atoms with Crippen LogP contribution < -0.4 is 5.46 Å². The highest BCUT2D eigenvalue weighted by Crippen LogP contribution is 2.13. The van der Waals surface area contributed by atoms with Crippen LogP contribution in [-0.4, -0.2) is 22.9 Å². The summed E-state index contributed by atoms with van der Waals surface area (Å²) in [4.78, 5) is 10.5. The molecule has 12 heavy (non-hydrogen) atoms. The molecular formula is C7H5BClO3. The third-order valence-electron chi connectivity index (χ3n) is 1.38. The SMILES string of the molecule is O=C(O)c1cc([B]Cl)ccc1O. The number of aromatic carboxylic acids is 1. The van der Waals surface area contributed by atoms with Crippen LogP contribution >= 0.6 is 11.5 Å². The van der Waals surface area contributed by atoms with E-state index in [0.29, 0.717) is 5.46 Å². The van der Waals surface area contributed by atoms with E-state index < -0.39 is 5.97 Å². The van der Waals surface area contributed by atoms with Gasteiger partial charge in [0.15, 0.2) is 0 Å². The summed E-state index contributed by atoms with van der Waals surface area (Å²) in [6.07, 6.45) is 0. The summed E-state index contributed by atoms with van der Waals surface area (Å²) in [6.45, 7) is 1.24. The molecule has 61 valence electrons. The van der Waals surface area contributed by atoms with Crippen LogP contribution in [0.2, 0.25) is 0 Å². The third-order valence-corrected chi connectivity index (χ3v) is 1.63. The van der Waals surface area contributed by atoms with Crippen molar-refractivity contribution < 1.29 is 15.0 Å². The fourth-order valence-corrected chi connectivity index (χ4v) is 0.929. The Labute approximate surface area is 74.8 Å². The molecule has 0 aliphatic heterocycles. The maximum atomic E-state index is 10.5. The maximum absolute atomic E-state index is 10.5. The minimum atomic E-state index is -1.17. The summed E-state index contributed by atoms with van der Waals surface area (Å²) in [6, 6.07) is 4.11. The summed E-state index contributed by atoms with van der Waals surface area (Å²) in [7, 11) is 0. The minimum absolute atomic E-state index is 0.149. The van der Waals surface area contributed by atoms with E-state index in [4.69, 9.17) is 21.7 Å². The molecule has 1 rings (SSSR count). The predicted octanol–water partition coefficient (Wildman–Crippen LogP) is 0.574. The van der Waals surface area contributed by atoms with Crippen LogP contribution in [-0.2, 0) is 0 Å². The van der Waals surface area contributed by atoms with E-state index in [9.17, 15) is 4.79 Å². The van der Waals surface area contributed by atoms with E-state index in [1.54, 1.807) is 0 Å². The molecule has 2 N–H and O–H groups in total. The molecule has 0 bridgehead atoms. The Hall–Kier alpha value is -1.16. The first-order chi connectivity index (χ1) is 5.65. The Bertz CT molecular complexity index is 314. The van der Waals surface area contributed by atoms with E-state index in [-0.39, 0.29) is 11.3 Å². The van der Waals surface area contributed by atoms with E-state index in [1.807, 2.05) is 0 Å². The van der Waals surface area contributed by atoms with Crippen molar-refractivity contribution in [3.05, 3.63) is 23.8 Å². The molecule has 0 aliphatic rings. The Morgan fingerprint density at radius 1 is 1.50 bits per heavy atom. The molecule has 0 unspecified atom stereocenters. The summed E-state index contributed by atoms with van der Waals surface area (Å²) in [5, 5.41) is 17.6. The zero-order chi connectivity index (χ0) is 9.14. The van der Waals surface area contributed by atoms with Crippen LogP contribution in [0.25, 0.3) is 0 Å². The quantitative estimate of drug-likeness (QED) is 0.659. The topological polar surface area (TPSA) is 57.5 Å². The lowest BCUT2D eigenvalue weighted by Gasteiger charge is -2.00. The molecule has 1 aromatic rings. The second kappa shape index (κ2) is 3.49. The highest BCUT2D eigenvalue weighted by atomic mass is 35.5. The molecule has 1 aromatic carbocycles. The van der Waals surface area contributed by atoms with E-state index >= 15 is 0 Å². The Balaban J connectivity index is 3.17. The molecule has 0 aliphatic carbocycles. The number of hydrogen-bond acceptors (Lipinski definition) is 2. The van der Waals surface area contributed by atoms with Gasteiger partial charge in [-0.2, -0.15) is 11.5 Å². The largest absolute Gasteiger partial charge is 0.507 e. The molecule has 5 heteroatoms. The molecule has 0 fully saturated rings. The molecule has 0 aromatic heterocycles. The van der Waals surface area contributed by atoms with Gasteiger partial charge in [0, 0.05) is 0 Å². The molecule has 3 nitrogen and oxygen atoms in total. The van der Waals surface area contributed by atoms with Gasteiger partial charge in [-0.25, -0.2) is 4.79 Å². The van der Waals surface area contributed by atoms with Crippen molar-refractivity contribution in [2.45, 2.75) is 0 Å². The van der Waals surface area contributed by atoms with Gasteiger partial charge in [-0.3, -0.25) is 0 Å². The lowest BCUT2D eigenvalue weighted by molar-refractivity contribution is 0.0694. The van der Waals surface area contributed by atoms with Crippen LogP contribution in [0.15, 0.2) is 18.2 Å². The summed E-state index contributed by atoms with van der Waals surface area (Å²) in [5.74, 6) is -1.43. The zero-order valence-electron chi connectivity index (χ0n) is 5.99. The molecule has 0 amide bonds.